The van der Waals surface area contributed by atoms with Crippen LogP contribution in [0.25, 0.3) is 0 Å². The van der Waals surface area contributed by atoms with E-state index in [0.29, 0.717) is 6.54 Å². The highest BCUT2D eigenvalue weighted by Crippen LogP contribution is 2.55. The van der Waals surface area contributed by atoms with Gasteiger partial charge in [-0.2, -0.15) is 0 Å². The summed E-state index contributed by atoms with van der Waals surface area (Å²) in [5.74, 6) is -0.241. The maximum atomic E-state index is 14.4. The number of alkyl halides is 1. The lowest BCUT2D eigenvalue weighted by Gasteiger charge is -2.45. The van der Waals surface area contributed by atoms with Gasteiger partial charge in [0, 0.05) is 12.0 Å². The van der Waals surface area contributed by atoms with Gasteiger partial charge in [-0.25, -0.2) is 4.39 Å². The van der Waals surface area contributed by atoms with Gasteiger partial charge in [-0.05, 0) is 18.9 Å². The van der Waals surface area contributed by atoms with Crippen LogP contribution in [-0.2, 0) is 4.79 Å². The predicted octanol–water partition coefficient (Wildman–Crippen LogP) is 0.885. The molecular formula is C11H16FNO2. The molecule has 0 aromatic heterocycles. The Morgan fingerprint density at radius 1 is 1.53 bits per heavy atom. The van der Waals surface area contributed by atoms with Gasteiger partial charge in [0.2, 0.25) is 5.91 Å². The Kier molecular flexibility index (Phi) is 2.34. The van der Waals surface area contributed by atoms with Crippen LogP contribution in [0.3, 0.4) is 0 Å². The predicted molar refractivity (Wildman–Crippen MR) is 54.0 cm³/mol. The molecule has 1 aliphatic carbocycles. The lowest BCUT2D eigenvalue weighted by atomic mass is 9.61. The second-order valence-corrected chi connectivity index (χ2v) is 4.66. The van der Waals surface area contributed by atoms with E-state index in [0.717, 1.165) is 19.3 Å². The Labute approximate surface area is 88.6 Å². The summed E-state index contributed by atoms with van der Waals surface area (Å²) in [5, 5.41) is 9.16. The van der Waals surface area contributed by atoms with E-state index in [-0.39, 0.29) is 12.5 Å². The highest BCUT2D eigenvalue weighted by Gasteiger charge is 2.61. The Bertz CT molecular complexity index is 289. The van der Waals surface area contributed by atoms with E-state index >= 15 is 0 Å². The van der Waals surface area contributed by atoms with Crippen LogP contribution in [-0.4, -0.2) is 41.3 Å². The Hall–Kier alpha value is -0.900. The first-order valence-electron chi connectivity index (χ1n) is 5.28. The molecule has 1 N–H and O–H groups in total. The van der Waals surface area contributed by atoms with Crippen molar-refractivity contribution in [2.24, 2.45) is 5.41 Å². The molecule has 1 aliphatic heterocycles. The first-order valence-corrected chi connectivity index (χ1v) is 5.28. The van der Waals surface area contributed by atoms with Gasteiger partial charge in [-0.3, -0.25) is 4.79 Å². The van der Waals surface area contributed by atoms with Crippen LogP contribution >= 0.6 is 0 Å². The average molecular weight is 213 g/mol. The zero-order valence-electron chi connectivity index (χ0n) is 8.71. The van der Waals surface area contributed by atoms with Crippen LogP contribution in [0.5, 0.6) is 0 Å². The molecule has 0 aromatic carbocycles. The normalized spacial score (nSPS) is 32.8. The van der Waals surface area contributed by atoms with Gasteiger partial charge in [0.1, 0.15) is 0 Å². The molecule has 4 heteroatoms. The number of hydrogen-bond donors (Lipinski definition) is 1. The SMILES string of the molecule is C=CC(=O)N1CC(F)(CO)C2(CCC2)C1. The zero-order valence-corrected chi connectivity index (χ0v) is 8.71. The lowest BCUT2D eigenvalue weighted by Crippen LogP contribution is -2.50. The number of hydrogen-bond acceptors (Lipinski definition) is 2. The molecule has 0 radical (unpaired) electrons. The van der Waals surface area contributed by atoms with Crippen LogP contribution < -0.4 is 0 Å². The third kappa shape index (κ3) is 1.31. The van der Waals surface area contributed by atoms with Crippen molar-refractivity contribution in [3.63, 3.8) is 0 Å². The molecule has 2 rings (SSSR count). The summed E-state index contributed by atoms with van der Waals surface area (Å²) in [7, 11) is 0. The van der Waals surface area contributed by atoms with Crippen molar-refractivity contribution in [2.75, 3.05) is 19.7 Å². The van der Waals surface area contributed by atoms with E-state index in [4.69, 9.17) is 5.11 Å². The largest absolute Gasteiger partial charge is 0.393 e. The summed E-state index contributed by atoms with van der Waals surface area (Å²) in [6, 6.07) is 0. The van der Waals surface area contributed by atoms with Gasteiger partial charge in [-0.15, -0.1) is 0 Å². The van der Waals surface area contributed by atoms with E-state index in [9.17, 15) is 9.18 Å². The minimum Gasteiger partial charge on any atom is -0.393 e. The summed E-state index contributed by atoms with van der Waals surface area (Å²) in [4.78, 5) is 12.9. The Balaban J connectivity index is 2.20. The van der Waals surface area contributed by atoms with E-state index in [2.05, 4.69) is 6.58 Å². The van der Waals surface area contributed by atoms with Gasteiger partial charge >= 0.3 is 0 Å². The zero-order chi connectivity index (χ0) is 11.1. The first kappa shape index (κ1) is 10.6. The second-order valence-electron chi connectivity index (χ2n) is 4.66. The average Bonchev–Trinajstić information content (AvgIpc) is 2.51. The van der Waals surface area contributed by atoms with Gasteiger partial charge in [0.15, 0.2) is 5.67 Å². The fraction of sp³-hybridized carbons (Fsp3) is 0.727. The summed E-state index contributed by atoms with van der Waals surface area (Å²) in [5.41, 5.74) is -2.09. The van der Waals surface area contributed by atoms with E-state index in [1.807, 2.05) is 0 Å². The summed E-state index contributed by atoms with van der Waals surface area (Å²) < 4.78 is 14.4. The van der Waals surface area contributed by atoms with Crippen molar-refractivity contribution in [1.29, 1.82) is 0 Å². The van der Waals surface area contributed by atoms with Crippen molar-refractivity contribution in [3.05, 3.63) is 12.7 Å². The topological polar surface area (TPSA) is 40.5 Å². The Morgan fingerprint density at radius 2 is 2.20 bits per heavy atom. The molecule has 2 aliphatic rings. The number of likely N-dealkylation sites (tertiary alicyclic amines) is 1. The fourth-order valence-corrected chi connectivity index (χ4v) is 2.75. The van der Waals surface area contributed by atoms with Crippen LogP contribution in [0.15, 0.2) is 12.7 Å². The van der Waals surface area contributed by atoms with E-state index < -0.39 is 17.7 Å². The quantitative estimate of drug-likeness (QED) is 0.692. The van der Waals surface area contributed by atoms with Crippen LogP contribution in [0.4, 0.5) is 4.39 Å². The first-order chi connectivity index (χ1) is 7.07. The molecule has 1 saturated heterocycles. The molecule has 2 fully saturated rings. The molecular weight excluding hydrogens is 197 g/mol. The monoisotopic (exact) mass is 213 g/mol. The molecule has 1 unspecified atom stereocenters. The molecule has 1 atom stereocenters. The number of carbonyl (C=O) groups excluding carboxylic acids is 1. The third-order valence-electron chi connectivity index (χ3n) is 3.93. The number of aliphatic hydroxyl groups excluding tert-OH is 1. The number of carbonyl (C=O) groups is 1. The number of aliphatic hydroxyl groups is 1. The van der Waals surface area contributed by atoms with E-state index in [1.165, 1.54) is 11.0 Å². The highest BCUT2D eigenvalue weighted by atomic mass is 19.1. The van der Waals surface area contributed by atoms with Gasteiger partial charge in [-0.1, -0.05) is 13.0 Å². The van der Waals surface area contributed by atoms with Crippen molar-refractivity contribution in [3.8, 4) is 0 Å². The van der Waals surface area contributed by atoms with Gasteiger partial charge in [0.25, 0.3) is 0 Å². The molecule has 15 heavy (non-hydrogen) atoms. The van der Waals surface area contributed by atoms with E-state index in [1.54, 1.807) is 0 Å². The molecule has 1 amide bonds. The Morgan fingerprint density at radius 3 is 2.53 bits per heavy atom. The third-order valence-corrected chi connectivity index (χ3v) is 3.93. The van der Waals surface area contributed by atoms with Crippen LogP contribution in [0, 0.1) is 5.41 Å². The smallest absolute Gasteiger partial charge is 0.246 e. The van der Waals surface area contributed by atoms with Crippen LogP contribution in [0.1, 0.15) is 19.3 Å². The van der Waals surface area contributed by atoms with Gasteiger partial charge < -0.3 is 10.0 Å². The number of amides is 1. The maximum Gasteiger partial charge on any atom is 0.246 e. The van der Waals surface area contributed by atoms with Crippen molar-refractivity contribution in [2.45, 2.75) is 24.9 Å². The molecule has 84 valence electrons. The molecule has 1 heterocycles. The molecule has 0 aromatic rings. The second kappa shape index (κ2) is 3.30. The minimum atomic E-state index is -1.61. The molecule has 1 saturated carbocycles. The number of nitrogens with zero attached hydrogens (tertiary/aromatic N) is 1. The van der Waals surface area contributed by atoms with Gasteiger partial charge in [0.05, 0.1) is 13.2 Å². The number of halogens is 1. The summed E-state index contributed by atoms with van der Waals surface area (Å²) in [6.45, 7) is 3.34. The lowest BCUT2D eigenvalue weighted by molar-refractivity contribution is -0.125. The molecule has 1 spiro atoms. The highest BCUT2D eigenvalue weighted by molar-refractivity contribution is 5.87. The van der Waals surface area contributed by atoms with Crippen molar-refractivity contribution < 1.29 is 14.3 Å². The maximum absolute atomic E-state index is 14.4. The minimum absolute atomic E-state index is 0.00829. The molecule has 0 bridgehead atoms. The fourth-order valence-electron chi connectivity index (χ4n) is 2.75. The summed E-state index contributed by atoms with van der Waals surface area (Å²) >= 11 is 0. The van der Waals surface area contributed by atoms with Crippen molar-refractivity contribution in [1.82, 2.24) is 4.90 Å². The summed E-state index contributed by atoms with van der Waals surface area (Å²) in [6.07, 6.45) is 3.73. The van der Waals surface area contributed by atoms with Crippen molar-refractivity contribution >= 4 is 5.91 Å². The van der Waals surface area contributed by atoms with Crippen LogP contribution in [0.2, 0.25) is 0 Å². The standard InChI is InChI=1S/C11H16FNO2/c1-2-9(15)13-6-10(4-3-5-10)11(12,7-13)8-14/h2,14H,1,3-8H2. The number of rotatable bonds is 2. The molecule has 3 nitrogen and oxygen atoms in total.